The summed E-state index contributed by atoms with van der Waals surface area (Å²) < 4.78 is 0. The first-order chi connectivity index (χ1) is 8.19. The van der Waals surface area contributed by atoms with E-state index in [2.05, 4.69) is 10.6 Å². The Morgan fingerprint density at radius 3 is 2.35 bits per heavy atom. The Morgan fingerprint density at radius 2 is 1.82 bits per heavy atom. The SMILES string of the molecule is CCN(CC)C(=O)CNCCNC(=O)C1CC1. The Hall–Kier alpha value is -1.10. The van der Waals surface area contributed by atoms with E-state index in [-0.39, 0.29) is 17.7 Å². The summed E-state index contributed by atoms with van der Waals surface area (Å²) in [7, 11) is 0. The van der Waals surface area contributed by atoms with Gasteiger partial charge in [0.05, 0.1) is 6.54 Å². The van der Waals surface area contributed by atoms with Gasteiger partial charge in [-0.05, 0) is 26.7 Å². The second-order valence-corrected chi connectivity index (χ2v) is 4.31. The third-order valence-electron chi connectivity index (χ3n) is 2.94. The van der Waals surface area contributed by atoms with Crippen LogP contribution < -0.4 is 10.6 Å². The van der Waals surface area contributed by atoms with Crippen molar-refractivity contribution in [1.82, 2.24) is 15.5 Å². The third kappa shape index (κ3) is 5.17. The maximum Gasteiger partial charge on any atom is 0.236 e. The molecule has 17 heavy (non-hydrogen) atoms. The molecule has 0 spiro atoms. The van der Waals surface area contributed by atoms with Crippen LogP contribution in [-0.4, -0.2) is 49.4 Å². The average molecular weight is 241 g/mol. The van der Waals surface area contributed by atoms with Gasteiger partial charge in [-0.2, -0.15) is 0 Å². The fraction of sp³-hybridized carbons (Fsp3) is 0.833. The summed E-state index contributed by atoms with van der Waals surface area (Å²) in [6.07, 6.45) is 2.05. The van der Waals surface area contributed by atoms with Crippen LogP contribution in [0.25, 0.3) is 0 Å². The van der Waals surface area contributed by atoms with Crippen LogP contribution >= 0.6 is 0 Å². The number of nitrogens with one attached hydrogen (secondary N) is 2. The highest BCUT2D eigenvalue weighted by Gasteiger charge is 2.28. The second kappa shape index (κ2) is 7.27. The highest BCUT2D eigenvalue weighted by atomic mass is 16.2. The monoisotopic (exact) mass is 241 g/mol. The predicted octanol–water partition coefficient (Wildman–Crippen LogP) is -0.0294. The zero-order valence-electron chi connectivity index (χ0n) is 10.8. The summed E-state index contributed by atoms with van der Waals surface area (Å²) in [6.45, 7) is 7.02. The van der Waals surface area contributed by atoms with Crippen LogP contribution in [0.5, 0.6) is 0 Å². The van der Waals surface area contributed by atoms with Crippen molar-refractivity contribution in [3.05, 3.63) is 0 Å². The zero-order valence-corrected chi connectivity index (χ0v) is 10.8. The van der Waals surface area contributed by atoms with Gasteiger partial charge in [0, 0.05) is 32.1 Å². The predicted molar refractivity (Wildman–Crippen MR) is 66.5 cm³/mol. The van der Waals surface area contributed by atoms with Crippen molar-refractivity contribution in [1.29, 1.82) is 0 Å². The molecule has 1 aliphatic rings. The molecule has 0 unspecified atom stereocenters. The second-order valence-electron chi connectivity index (χ2n) is 4.31. The molecule has 2 amide bonds. The van der Waals surface area contributed by atoms with Gasteiger partial charge in [-0.25, -0.2) is 0 Å². The molecule has 0 radical (unpaired) electrons. The van der Waals surface area contributed by atoms with Crippen molar-refractivity contribution in [3.8, 4) is 0 Å². The highest BCUT2D eigenvalue weighted by molar-refractivity contribution is 5.80. The number of carbonyl (C=O) groups excluding carboxylic acids is 2. The Balaban J connectivity index is 1.99. The molecule has 1 fully saturated rings. The summed E-state index contributed by atoms with van der Waals surface area (Å²) in [5.41, 5.74) is 0. The number of hydrogen-bond acceptors (Lipinski definition) is 3. The summed E-state index contributed by atoms with van der Waals surface area (Å²) in [5.74, 6) is 0.526. The topological polar surface area (TPSA) is 61.4 Å². The highest BCUT2D eigenvalue weighted by Crippen LogP contribution is 2.28. The molecular weight excluding hydrogens is 218 g/mol. The van der Waals surface area contributed by atoms with Gasteiger partial charge in [-0.3, -0.25) is 9.59 Å². The number of rotatable bonds is 8. The Morgan fingerprint density at radius 1 is 1.18 bits per heavy atom. The number of nitrogens with zero attached hydrogens (tertiary/aromatic N) is 1. The van der Waals surface area contributed by atoms with Crippen molar-refractivity contribution in [3.63, 3.8) is 0 Å². The van der Waals surface area contributed by atoms with E-state index in [0.717, 1.165) is 25.9 Å². The summed E-state index contributed by atoms with van der Waals surface area (Å²) in [4.78, 5) is 24.7. The van der Waals surface area contributed by atoms with Crippen LogP contribution in [-0.2, 0) is 9.59 Å². The number of likely N-dealkylation sites (N-methyl/N-ethyl adjacent to an activating group) is 1. The fourth-order valence-corrected chi connectivity index (χ4v) is 1.65. The van der Waals surface area contributed by atoms with Gasteiger partial charge in [0.1, 0.15) is 0 Å². The minimum atomic E-state index is 0.114. The van der Waals surface area contributed by atoms with E-state index in [1.807, 2.05) is 13.8 Å². The van der Waals surface area contributed by atoms with E-state index in [1.165, 1.54) is 0 Å². The molecule has 0 saturated heterocycles. The van der Waals surface area contributed by atoms with Gasteiger partial charge < -0.3 is 15.5 Å². The first-order valence-corrected chi connectivity index (χ1v) is 6.45. The lowest BCUT2D eigenvalue weighted by atomic mass is 10.4. The number of amides is 2. The molecule has 0 heterocycles. The van der Waals surface area contributed by atoms with Crippen molar-refractivity contribution < 1.29 is 9.59 Å². The maximum atomic E-state index is 11.6. The van der Waals surface area contributed by atoms with E-state index in [1.54, 1.807) is 4.90 Å². The summed E-state index contributed by atoms with van der Waals surface area (Å²) in [6, 6.07) is 0. The smallest absolute Gasteiger partial charge is 0.236 e. The lowest BCUT2D eigenvalue weighted by Gasteiger charge is -2.18. The molecule has 2 N–H and O–H groups in total. The quantitative estimate of drug-likeness (QED) is 0.587. The van der Waals surface area contributed by atoms with Crippen LogP contribution in [0, 0.1) is 5.92 Å². The molecular formula is C12H23N3O2. The molecule has 0 aromatic rings. The van der Waals surface area contributed by atoms with E-state index >= 15 is 0 Å². The lowest BCUT2D eigenvalue weighted by Crippen LogP contribution is -2.40. The van der Waals surface area contributed by atoms with Crippen molar-refractivity contribution in [2.45, 2.75) is 26.7 Å². The van der Waals surface area contributed by atoms with Crippen LogP contribution in [0.2, 0.25) is 0 Å². The fourth-order valence-electron chi connectivity index (χ4n) is 1.65. The van der Waals surface area contributed by atoms with Crippen molar-refractivity contribution >= 4 is 11.8 Å². The molecule has 5 nitrogen and oxygen atoms in total. The van der Waals surface area contributed by atoms with Crippen molar-refractivity contribution in [2.75, 3.05) is 32.7 Å². The largest absolute Gasteiger partial charge is 0.355 e. The molecule has 5 heteroatoms. The van der Waals surface area contributed by atoms with E-state index in [0.29, 0.717) is 19.6 Å². The van der Waals surface area contributed by atoms with Crippen LogP contribution in [0.15, 0.2) is 0 Å². The molecule has 0 aromatic heterocycles. The molecule has 0 aliphatic heterocycles. The van der Waals surface area contributed by atoms with Crippen molar-refractivity contribution in [2.24, 2.45) is 5.92 Å². The Kier molecular flexibility index (Phi) is 5.97. The minimum Gasteiger partial charge on any atom is -0.355 e. The number of carbonyl (C=O) groups is 2. The molecule has 0 atom stereocenters. The Labute approximate surface area is 103 Å². The zero-order chi connectivity index (χ0) is 12.7. The molecule has 0 bridgehead atoms. The van der Waals surface area contributed by atoms with Gasteiger partial charge in [0.25, 0.3) is 0 Å². The lowest BCUT2D eigenvalue weighted by molar-refractivity contribution is -0.129. The van der Waals surface area contributed by atoms with E-state index in [4.69, 9.17) is 0 Å². The summed E-state index contributed by atoms with van der Waals surface area (Å²) in [5, 5.41) is 5.89. The van der Waals surface area contributed by atoms with Gasteiger partial charge >= 0.3 is 0 Å². The first kappa shape index (κ1) is 14.0. The maximum absolute atomic E-state index is 11.6. The van der Waals surface area contributed by atoms with Gasteiger partial charge in [-0.1, -0.05) is 0 Å². The molecule has 1 rings (SSSR count). The van der Waals surface area contributed by atoms with Gasteiger partial charge in [0.2, 0.25) is 11.8 Å². The Bertz CT molecular complexity index is 260. The van der Waals surface area contributed by atoms with Gasteiger partial charge in [0.15, 0.2) is 0 Å². The normalized spacial score (nSPS) is 14.5. The first-order valence-electron chi connectivity index (χ1n) is 6.45. The van der Waals surface area contributed by atoms with Gasteiger partial charge in [-0.15, -0.1) is 0 Å². The molecule has 98 valence electrons. The van der Waals surface area contributed by atoms with Crippen LogP contribution in [0.4, 0.5) is 0 Å². The van der Waals surface area contributed by atoms with Crippen LogP contribution in [0.1, 0.15) is 26.7 Å². The summed E-state index contributed by atoms with van der Waals surface area (Å²) >= 11 is 0. The van der Waals surface area contributed by atoms with Crippen LogP contribution in [0.3, 0.4) is 0 Å². The average Bonchev–Trinajstić information content (AvgIpc) is 3.13. The standard InChI is InChI=1S/C12H23N3O2/c1-3-15(4-2)11(16)9-13-7-8-14-12(17)10-5-6-10/h10,13H,3-9H2,1-2H3,(H,14,17). The minimum absolute atomic E-state index is 0.114. The molecule has 1 aliphatic carbocycles. The third-order valence-corrected chi connectivity index (χ3v) is 2.94. The molecule has 1 saturated carbocycles. The number of hydrogen-bond donors (Lipinski definition) is 2. The van der Waals surface area contributed by atoms with E-state index in [9.17, 15) is 9.59 Å². The van der Waals surface area contributed by atoms with E-state index < -0.39 is 0 Å². The molecule has 0 aromatic carbocycles.